The van der Waals surface area contributed by atoms with Gasteiger partial charge in [0.1, 0.15) is 4.90 Å². The van der Waals surface area contributed by atoms with Gasteiger partial charge >= 0.3 is 5.69 Å². The highest BCUT2D eigenvalue weighted by atomic mass is 35.5. The van der Waals surface area contributed by atoms with Gasteiger partial charge in [0.15, 0.2) is 0 Å². The Balaban J connectivity index is 1.81. The van der Waals surface area contributed by atoms with E-state index in [1.165, 1.54) is 40.8 Å². The normalized spacial score (nSPS) is 15.8. The lowest BCUT2D eigenvalue weighted by Gasteiger charge is -2.34. The van der Waals surface area contributed by atoms with Crippen LogP contribution < -0.4 is 4.90 Å². The molecule has 3 rings (SSSR count). The molecule has 2 aromatic rings. The van der Waals surface area contributed by atoms with Crippen LogP contribution in [0.25, 0.3) is 0 Å². The number of nitrogens with zero attached hydrogens (tertiary/aromatic N) is 4. The molecule has 0 saturated carbocycles. The Morgan fingerprint density at radius 3 is 2.46 bits per heavy atom. The largest absolute Gasteiger partial charge is 0.348 e. The van der Waals surface area contributed by atoms with E-state index in [1.807, 2.05) is 0 Å². The van der Waals surface area contributed by atoms with Crippen LogP contribution in [0.2, 0.25) is 10.0 Å². The van der Waals surface area contributed by atoms with Crippen LogP contribution in [0.5, 0.6) is 0 Å². The van der Waals surface area contributed by atoms with Crippen molar-refractivity contribution in [3.8, 4) is 0 Å². The van der Waals surface area contributed by atoms with Crippen LogP contribution in [0.15, 0.2) is 41.4 Å². The molecular formula is C15H14Cl2N4O4S. The third kappa shape index (κ3) is 3.61. The van der Waals surface area contributed by atoms with Gasteiger partial charge in [0.25, 0.3) is 0 Å². The summed E-state index contributed by atoms with van der Waals surface area (Å²) in [7, 11) is -3.81. The first-order valence-electron chi connectivity index (χ1n) is 7.60. The molecule has 0 spiro atoms. The summed E-state index contributed by atoms with van der Waals surface area (Å²) < 4.78 is 26.9. The molecule has 1 aliphatic rings. The van der Waals surface area contributed by atoms with Gasteiger partial charge in [-0.25, -0.2) is 13.4 Å². The van der Waals surface area contributed by atoms with Crippen molar-refractivity contribution in [1.82, 2.24) is 9.29 Å². The Hall–Kier alpha value is -1.94. The zero-order valence-electron chi connectivity index (χ0n) is 13.4. The monoisotopic (exact) mass is 416 g/mol. The van der Waals surface area contributed by atoms with Crippen molar-refractivity contribution in [3.05, 3.63) is 56.7 Å². The second kappa shape index (κ2) is 7.36. The van der Waals surface area contributed by atoms with Crippen molar-refractivity contribution >= 4 is 44.7 Å². The molecule has 0 atom stereocenters. The quantitative estimate of drug-likeness (QED) is 0.561. The highest BCUT2D eigenvalue weighted by molar-refractivity contribution is 7.89. The van der Waals surface area contributed by atoms with Gasteiger partial charge in [0.05, 0.1) is 9.95 Å². The van der Waals surface area contributed by atoms with E-state index in [4.69, 9.17) is 23.2 Å². The number of hydrogen-bond donors (Lipinski definition) is 0. The summed E-state index contributed by atoms with van der Waals surface area (Å²) in [5.41, 5.74) is -0.110. The number of piperazine rings is 1. The summed E-state index contributed by atoms with van der Waals surface area (Å²) >= 11 is 11.9. The Kier molecular flexibility index (Phi) is 5.33. The maximum Gasteiger partial charge on any atom is 0.311 e. The fraction of sp³-hybridized carbons (Fsp3) is 0.267. The van der Waals surface area contributed by atoms with Crippen molar-refractivity contribution in [1.29, 1.82) is 0 Å². The molecule has 1 fully saturated rings. The summed E-state index contributed by atoms with van der Waals surface area (Å²) in [5.74, 6) is 0.232. The van der Waals surface area contributed by atoms with Gasteiger partial charge in [-0.15, -0.1) is 0 Å². The fourth-order valence-electron chi connectivity index (χ4n) is 2.73. The first-order chi connectivity index (χ1) is 12.3. The van der Waals surface area contributed by atoms with Gasteiger partial charge in [0, 0.05) is 43.5 Å². The molecule has 0 unspecified atom stereocenters. The van der Waals surface area contributed by atoms with Crippen molar-refractivity contribution in [2.45, 2.75) is 4.90 Å². The second-order valence-corrected chi connectivity index (χ2v) is 8.32. The standard InChI is InChI=1S/C15H14Cl2N4O4S/c16-11-3-4-12(17)14(10-11)26(24,25)20-8-6-19(7-9-20)15-13(21(22)23)2-1-5-18-15/h1-5,10H,6-9H2. The summed E-state index contributed by atoms with van der Waals surface area (Å²) in [6, 6.07) is 7.13. The zero-order chi connectivity index (χ0) is 18.9. The maximum atomic E-state index is 12.8. The highest BCUT2D eigenvalue weighted by Gasteiger charge is 2.32. The van der Waals surface area contributed by atoms with E-state index >= 15 is 0 Å². The van der Waals surface area contributed by atoms with Crippen LogP contribution in [-0.4, -0.2) is 48.8 Å². The van der Waals surface area contributed by atoms with Crippen LogP contribution in [0, 0.1) is 10.1 Å². The topological polar surface area (TPSA) is 96.7 Å². The first-order valence-corrected chi connectivity index (χ1v) is 9.80. The van der Waals surface area contributed by atoms with Gasteiger partial charge < -0.3 is 4.90 Å². The number of benzene rings is 1. The van der Waals surface area contributed by atoms with Crippen molar-refractivity contribution in [3.63, 3.8) is 0 Å². The Morgan fingerprint density at radius 2 is 1.81 bits per heavy atom. The van der Waals surface area contributed by atoms with Crippen molar-refractivity contribution in [2.24, 2.45) is 0 Å². The molecule has 0 N–H and O–H groups in total. The molecule has 11 heteroatoms. The Bertz CT molecular complexity index is 946. The molecule has 0 radical (unpaired) electrons. The SMILES string of the molecule is O=[N+]([O-])c1cccnc1N1CCN(S(=O)(=O)c2cc(Cl)ccc2Cl)CC1. The number of nitro groups is 1. The molecule has 1 aliphatic heterocycles. The minimum Gasteiger partial charge on any atom is -0.348 e. The van der Waals surface area contributed by atoms with Crippen LogP contribution >= 0.6 is 23.2 Å². The van der Waals surface area contributed by atoms with Crippen LogP contribution in [0.3, 0.4) is 0 Å². The highest BCUT2D eigenvalue weighted by Crippen LogP contribution is 2.30. The fourth-order valence-corrected chi connectivity index (χ4v) is 4.89. The molecule has 0 amide bonds. The van der Waals surface area contributed by atoms with Gasteiger partial charge in [0.2, 0.25) is 15.8 Å². The van der Waals surface area contributed by atoms with Gasteiger partial charge in [-0.05, 0) is 24.3 Å². The summed E-state index contributed by atoms with van der Waals surface area (Å²) in [6.45, 7) is 0.850. The Labute approximate surface area is 160 Å². The zero-order valence-corrected chi connectivity index (χ0v) is 15.7. The van der Waals surface area contributed by atoms with E-state index in [-0.39, 0.29) is 52.6 Å². The summed E-state index contributed by atoms with van der Waals surface area (Å²) in [4.78, 5) is 16.4. The van der Waals surface area contributed by atoms with Gasteiger partial charge in [-0.2, -0.15) is 4.31 Å². The molecule has 8 nitrogen and oxygen atoms in total. The van der Waals surface area contributed by atoms with E-state index in [9.17, 15) is 18.5 Å². The minimum atomic E-state index is -3.81. The first kappa shape index (κ1) is 18.8. The number of anilines is 1. The predicted octanol–water partition coefficient (Wildman–Crippen LogP) is 2.81. The van der Waals surface area contributed by atoms with Crippen LogP contribution in [0.1, 0.15) is 0 Å². The molecule has 26 heavy (non-hydrogen) atoms. The average molecular weight is 417 g/mol. The van der Waals surface area contributed by atoms with Crippen LogP contribution in [-0.2, 0) is 10.0 Å². The van der Waals surface area contributed by atoms with E-state index in [2.05, 4.69) is 4.98 Å². The number of rotatable bonds is 4. The number of hydrogen-bond acceptors (Lipinski definition) is 6. The molecule has 1 aromatic heterocycles. The van der Waals surface area contributed by atoms with Crippen molar-refractivity contribution < 1.29 is 13.3 Å². The molecule has 138 valence electrons. The second-order valence-electron chi connectivity index (χ2n) is 5.57. The summed E-state index contributed by atoms with van der Waals surface area (Å²) in [5, 5.41) is 11.5. The lowest BCUT2D eigenvalue weighted by molar-refractivity contribution is -0.384. The lowest BCUT2D eigenvalue weighted by atomic mass is 10.3. The van der Waals surface area contributed by atoms with Gasteiger partial charge in [-0.3, -0.25) is 10.1 Å². The van der Waals surface area contributed by atoms with E-state index < -0.39 is 14.9 Å². The number of aromatic nitrogens is 1. The van der Waals surface area contributed by atoms with Crippen molar-refractivity contribution in [2.75, 3.05) is 31.1 Å². The van der Waals surface area contributed by atoms with Gasteiger partial charge in [-0.1, -0.05) is 23.2 Å². The number of sulfonamides is 1. The van der Waals surface area contributed by atoms with E-state index in [0.717, 1.165) is 0 Å². The molecule has 0 bridgehead atoms. The smallest absolute Gasteiger partial charge is 0.311 e. The average Bonchev–Trinajstić information content (AvgIpc) is 2.63. The number of pyridine rings is 1. The minimum absolute atomic E-state index is 0.0519. The molecule has 1 aromatic carbocycles. The summed E-state index contributed by atoms with van der Waals surface area (Å²) in [6.07, 6.45) is 1.47. The molecular weight excluding hydrogens is 403 g/mol. The third-order valence-electron chi connectivity index (χ3n) is 4.01. The lowest BCUT2D eigenvalue weighted by Crippen LogP contribution is -2.49. The predicted molar refractivity (Wildman–Crippen MR) is 98.3 cm³/mol. The maximum absolute atomic E-state index is 12.8. The van der Waals surface area contributed by atoms with Crippen LogP contribution in [0.4, 0.5) is 11.5 Å². The number of halogens is 2. The Morgan fingerprint density at radius 1 is 1.12 bits per heavy atom. The van der Waals surface area contributed by atoms with E-state index in [1.54, 1.807) is 4.90 Å². The molecule has 1 saturated heterocycles. The third-order valence-corrected chi connectivity index (χ3v) is 6.63. The molecule has 0 aliphatic carbocycles. The molecule has 2 heterocycles. The van der Waals surface area contributed by atoms with E-state index in [0.29, 0.717) is 0 Å².